The first-order valence-electron chi connectivity index (χ1n) is 8.48. The number of nitrogens with zero attached hydrogens (tertiary/aromatic N) is 4. The number of benzene rings is 1. The summed E-state index contributed by atoms with van der Waals surface area (Å²) in [5.74, 6) is -1.25. The molecule has 31 heavy (non-hydrogen) atoms. The van der Waals surface area contributed by atoms with Crippen LogP contribution in [0.15, 0.2) is 45.4 Å². The van der Waals surface area contributed by atoms with Gasteiger partial charge in [-0.3, -0.25) is 19.1 Å². The van der Waals surface area contributed by atoms with Crippen molar-refractivity contribution in [1.29, 1.82) is 0 Å². The van der Waals surface area contributed by atoms with Crippen molar-refractivity contribution in [2.75, 3.05) is 12.3 Å². The zero-order valence-electron chi connectivity index (χ0n) is 15.7. The molecule has 1 saturated heterocycles. The number of hydrogen-bond donors (Lipinski definition) is 0. The first-order valence-corrected chi connectivity index (χ1v) is 9.84. The number of aromatic nitrogens is 2. The number of alkyl halides is 3. The minimum atomic E-state index is -4.96. The summed E-state index contributed by atoms with van der Waals surface area (Å²) in [6, 6.07) is 1.92. The van der Waals surface area contributed by atoms with E-state index in [9.17, 15) is 31.9 Å². The van der Waals surface area contributed by atoms with Gasteiger partial charge < -0.3 is 0 Å². The largest absolute Gasteiger partial charge is 0.431 e. The van der Waals surface area contributed by atoms with Crippen molar-refractivity contribution >= 4 is 40.1 Å². The van der Waals surface area contributed by atoms with Crippen LogP contribution in [0.1, 0.15) is 5.69 Å². The fourth-order valence-electron chi connectivity index (χ4n) is 2.80. The highest BCUT2D eigenvalue weighted by molar-refractivity contribution is 8.15. The maximum absolute atomic E-state index is 14.6. The number of carbonyl (C=O) groups is 1. The van der Waals surface area contributed by atoms with Crippen LogP contribution >= 0.6 is 23.4 Å². The van der Waals surface area contributed by atoms with Gasteiger partial charge in [-0.2, -0.15) is 13.2 Å². The van der Waals surface area contributed by atoms with E-state index in [4.69, 9.17) is 11.6 Å². The molecule has 1 amide bonds. The minimum absolute atomic E-state index is 0.0850. The molecule has 7 nitrogen and oxygen atoms in total. The third-order valence-corrected chi connectivity index (χ3v) is 5.52. The van der Waals surface area contributed by atoms with Gasteiger partial charge in [0.2, 0.25) is 5.91 Å². The number of carbonyl (C=O) groups excluding carboxylic acids is 1. The van der Waals surface area contributed by atoms with Gasteiger partial charge in [0.25, 0.3) is 5.56 Å². The summed E-state index contributed by atoms with van der Waals surface area (Å²) in [4.78, 5) is 42.2. The molecule has 0 unspecified atom stereocenters. The first kappa shape index (κ1) is 22.8. The normalized spacial score (nSPS) is 15.7. The molecule has 164 valence electrons. The van der Waals surface area contributed by atoms with Gasteiger partial charge in [-0.05, 0) is 12.1 Å². The molecule has 0 aliphatic carbocycles. The maximum Gasteiger partial charge on any atom is 0.431 e. The Kier molecular flexibility index (Phi) is 6.14. The standard InChI is InChI=1S/C18H13ClF4N4O3S/c1-3-4-26-15(29)8-31-16(26)24-11-6-12(10(20)5-9(11)19)27-14(28)7-13(18(21,22)23)25(2)17(27)30/h3,5-7H,1,4,8H2,2H3. The zero-order valence-corrected chi connectivity index (χ0v) is 17.3. The Morgan fingerprint density at radius 3 is 2.55 bits per heavy atom. The molecule has 1 aromatic heterocycles. The van der Waals surface area contributed by atoms with E-state index in [1.54, 1.807) is 0 Å². The van der Waals surface area contributed by atoms with E-state index < -0.39 is 34.6 Å². The topological polar surface area (TPSA) is 76.7 Å². The van der Waals surface area contributed by atoms with E-state index in [1.807, 2.05) is 0 Å². The van der Waals surface area contributed by atoms with E-state index in [0.29, 0.717) is 0 Å². The quantitative estimate of drug-likeness (QED) is 0.502. The van der Waals surface area contributed by atoms with Crippen molar-refractivity contribution in [2.45, 2.75) is 6.18 Å². The number of thioether (sulfide) groups is 1. The van der Waals surface area contributed by atoms with Crippen LogP contribution in [0.25, 0.3) is 5.69 Å². The van der Waals surface area contributed by atoms with Crippen LogP contribution in [0, 0.1) is 5.82 Å². The van der Waals surface area contributed by atoms with E-state index in [1.165, 1.54) is 11.0 Å². The molecule has 1 aliphatic rings. The zero-order chi connectivity index (χ0) is 23.1. The molecule has 0 atom stereocenters. The predicted molar refractivity (Wildman–Crippen MR) is 109 cm³/mol. The van der Waals surface area contributed by atoms with Crippen molar-refractivity contribution in [3.8, 4) is 5.69 Å². The van der Waals surface area contributed by atoms with Gasteiger partial charge in [0.15, 0.2) is 5.17 Å². The second-order valence-corrected chi connectivity index (χ2v) is 7.62. The summed E-state index contributed by atoms with van der Waals surface area (Å²) >= 11 is 7.11. The molecule has 3 rings (SSSR count). The Hall–Kier alpha value is -2.86. The Morgan fingerprint density at radius 1 is 1.26 bits per heavy atom. The number of hydrogen-bond acceptors (Lipinski definition) is 5. The van der Waals surface area contributed by atoms with Crippen molar-refractivity contribution in [3.05, 3.63) is 68.2 Å². The average Bonchev–Trinajstić information content (AvgIpc) is 3.01. The second kappa shape index (κ2) is 8.35. The third kappa shape index (κ3) is 4.30. The smallest absolute Gasteiger partial charge is 0.292 e. The SMILES string of the molecule is C=CCN1C(=O)CSC1=Nc1cc(-n2c(=O)cc(C(F)(F)F)n(C)c2=O)c(F)cc1Cl. The number of rotatable bonds is 4. The van der Waals surface area contributed by atoms with E-state index in [0.717, 1.165) is 30.9 Å². The highest BCUT2D eigenvalue weighted by Crippen LogP contribution is 2.32. The summed E-state index contributed by atoms with van der Waals surface area (Å²) in [5, 5.41) is 0.0427. The predicted octanol–water partition coefficient (Wildman–Crippen LogP) is 3.10. The van der Waals surface area contributed by atoms with Crippen molar-refractivity contribution in [2.24, 2.45) is 12.0 Å². The van der Waals surface area contributed by atoms with Crippen LogP contribution in [0.4, 0.5) is 23.2 Å². The first-order chi connectivity index (χ1) is 14.5. The maximum atomic E-state index is 14.6. The Balaban J connectivity index is 2.20. The van der Waals surface area contributed by atoms with Crippen LogP contribution in [0.3, 0.4) is 0 Å². The molecule has 0 N–H and O–H groups in total. The minimum Gasteiger partial charge on any atom is -0.292 e. The number of amidine groups is 1. The van der Waals surface area contributed by atoms with Gasteiger partial charge in [0.05, 0.1) is 22.2 Å². The van der Waals surface area contributed by atoms with Crippen LogP contribution in [0.2, 0.25) is 5.02 Å². The molecule has 2 heterocycles. The summed E-state index contributed by atoms with van der Waals surface area (Å²) in [5.41, 5.74) is -4.98. The fourth-order valence-corrected chi connectivity index (χ4v) is 3.89. The molecule has 1 fully saturated rings. The Bertz CT molecular complexity index is 1240. The summed E-state index contributed by atoms with van der Waals surface area (Å²) in [7, 11) is 0.810. The molecule has 0 bridgehead atoms. The fraction of sp³-hybridized carbons (Fsp3) is 0.222. The van der Waals surface area contributed by atoms with Gasteiger partial charge >= 0.3 is 11.9 Å². The van der Waals surface area contributed by atoms with Crippen LogP contribution in [0.5, 0.6) is 0 Å². The monoisotopic (exact) mass is 476 g/mol. The Morgan fingerprint density at radius 2 is 1.94 bits per heavy atom. The molecule has 0 saturated carbocycles. The van der Waals surface area contributed by atoms with Crippen molar-refractivity contribution in [3.63, 3.8) is 0 Å². The van der Waals surface area contributed by atoms with E-state index >= 15 is 0 Å². The second-order valence-electron chi connectivity index (χ2n) is 6.27. The van der Waals surface area contributed by atoms with Gasteiger partial charge in [-0.15, -0.1) is 6.58 Å². The van der Waals surface area contributed by atoms with Crippen molar-refractivity contribution in [1.82, 2.24) is 14.0 Å². The molecule has 1 aliphatic heterocycles. The number of aliphatic imine (C=N–C) groups is 1. The lowest BCUT2D eigenvalue weighted by atomic mass is 10.2. The molecule has 1 aromatic carbocycles. The summed E-state index contributed by atoms with van der Waals surface area (Å²) in [6.07, 6.45) is -3.48. The summed E-state index contributed by atoms with van der Waals surface area (Å²) < 4.78 is 54.1. The summed E-state index contributed by atoms with van der Waals surface area (Å²) in [6.45, 7) is 3.71. The van der Waals surface area contributed by atoms with E-state index in [-0.39, 0.29) is 49.3 Å². The van der Waals surface area contributed by atoms with Crippen LogP contribution in [-0.4, -0.2) is 37.4 Å². The molecule has 0 radical (unpaired) electrons. The third-order valence-electron chi connectivity index (χ3n) is 4.25. The lowest BCUT2D eigenvalue weighted by Crippen LogP contribution is -2.41. The van der Waals surface area contributed by atoms with Crippen LogP contribution in [-0.2, 0) is 18.0 Å². The molecule has 0 spiro atoms. The van der Waals surface area contributed by atoms with Crippen LogP contribution < -0.4 is 11.2 Å². The highest BCUT2D eigenvalue weighted by atomic mass is 35.5. The number of halogens is 5. The average molecular weight is 477 g/mol. The van der Waals surface area contributed by atoms with Crippen molar-refractivity contribution < 1.29 is 22.4 Å². The van der Waals surface area contributed by atoms with E-state index in [2.05, 4.69) is 11.6 Å². The lowest BCUT2D eigenvalue weighted by Gasteiger charge is -2.15. The molecular weight excluding hydrogens is 464 g/mol. The molecule has 2 aromatic rings. The lowest BCUT2D eigenvalue weighted by molar-refractivity contribution is -0.144. The Labute approximate surface area is 181 Å². The molecular formula is C18H13ClF4N4O3S. The van der Waals surface area contributed by atoms with Gasteiger partial charge in [-0.1, -0.05) is 29.4 Å². The number of amides is 1. The van der Waals surface area contributed by atoms with Gasteiger partial charge in [0.1, 0.15) is 11.5 Å². The molecule has 13 heteroatoms. The highest BCUT2D eigenvalue weighted by Gasteiger charge is 2.35. The van der Waals surface area contributed by atoms with Gasteiger partial charge in [0, 0.05) is 19.7 Å². The van der Waals surface area contributed by atoms with Gasteiger partial charge in [-0.25, -0.2) is 18.7 Å².